The monoisotopic (exact) mass is 500 g/mol. The zero-order chi connectivity index (χ0) is 18.5. The standard InChI is InChI=1S/C19H21ClN4O2.HI/c1-26-17-9-8-14(11-15(17)20)23-19(21)22-12-18(25)24-10-4-6-13-5-2-3-7-16(13)24;/h2-3,5,7-9,11H,4,6,10,12H2,1H3,(H3,21,22,23);1H. The number of nitrogens with one attached hydrogen (secondary N) is 1. The molecule has 1 aliphatic heterocycles. The number of ether oxygens (including phenoxy) is 1. The summed E-state index contributed by atoms with van der Waals surface area (Å²) in [6.45, 7) is 0.684. The molecule has 1 amide bonds. The minimum absolute atomic E-state index is 0. The number of carbonyl (C=O) groups is 1. The van der Waals surface area contributed by atoms with Crippen LogP contribution in [0, 0.1) is 0 Å². The quantitative estimate of drug-likeness (QED) is 0.381. The molecule has 2 aromatic carbocycles. The number of amides is 1. The fourth-order valence-corrected chi connectivity index (χ4v) is 3.22. The lowest BCUT2D eigenvalue weighted by Gasteiger charge is -2.29. The third-order valence-electron chi connectivity index (χ3n) is 4.22. The molecule has 0 fully saturated rings. The van der Waals surface area contributed by atoms with Crippen LogP contribution in [0.2, 0.25) is 5.02 Å². The fraction of sp³-hybridized carbons (Fsp3) is 0.263. The van der Waals surface area contributed by atoms with Crippen LogP contribution in [0.25, 0.3) is 0 Å². The van der Waals surface area contributed by atoms with Crippen LogP contribution in [0.3, 0.4) is 0 Å². The van der Waals surface area contributed by atoms with Crippen molar-refractivity contribution in [2.24, 2.45) is 10.7 Å². The average molecular weight is 501 g/mol. The Morgan fingerprint density at radius 2 is 2.11 bits per heavy atom. The highest BCUT2D eigenvalue weighted by Gasteiger charge is 2.21. The third-order valence-corrected chi connectivity index (χ3v) is 4.52. The lowest BCUT2D eigenvalue weighted by Crippen LogP contribution is -2.37. The Balaban J connectivity index is 0.00000261. The van der Waals surface area contributed by atoms with E-state index in [9.17, 15) is 4.79 Å². The molecule has 0 saturated carbocycles. The van der Waals surface area contributed by atoms with Gasteiger partial charge < -0.3 is 20.7 Å². The van der Waals surface area contributed by atoms with E-state index in [-0.39, 0.29) is 42.4 Å². The van der Waals surface area contributed by atoms with Gasteiger partial charge in [-0.15, -0.1) is 24.0 Å². The van der Waals surface area contributed by atoms with Crippen LogP contribution in [0.15, 0.2) is 47.5 Å². The van der Waals surface area contributed by atoms with Gasteiger partial charge >= 0.3 is 0 Å². The second kappa shape index (κ2) is 9.80. The van der Waals surface area contributed by atoms with E-state index >= 15 is 0 Å². The van der Waals surface area contributed by atoms with E-state index in [2.05, 4.69) is 16.4 Å². The van der Waals surface area contributed by atoms with Gasteiger partial charge in [-0.2, -0.15) is 0 Å². The van der Waals surface area contributed by atoms with Gasteiger partial charge in [0.2, 0.25) is 5.91 Å². The van der Waals surface area contributed by atoms with Crippen LogP contribution in [0.4, 0.5) is 11.4 Å². The number of para-hydroxylation sites is 1. The van der Waals surface area contributed by atoms with E-state index in [1.54, 1.807) is 30.2 Å². The van der Waals surface area contributed by atoms with E-state index in [1.807, 2.05) is 18.2 Å². The number of nitrogens with two attached hydrogens (primary N) is 1. The number of carbonyl (C=O) groups excluding carboxylic acids is 1. The summed E-state index contributed by atoms with van der Waals surface area (Å²) in [7, 11) is 1.55. The summed E-state index contributed by atoms with van der Waals surface area (Å²) in [6, 6.07) is 13.2. The first-order chi connectivity index (χ1) is 12.6. The number of rotatable bonds is 4. The summed E-state index contributed by atoms with van der Waals surface area (Å²) in [4.78, 5) is 18.5. The van der Waals surface area contributed by atoms with Crippen LogP contribution >= 0.6 is 35.6 Å². The summed E-state index contributed by atoms with van der Waals surface area (Å²) in [5.74, 6) is 0.659. The Kier molecular flexibility index (Phi) is 7.73. The number of guanidine groups is 1. The number of aliphatic imine (C=N–C) groups is 1. The number of hydrogen-bond donors (Lipinski definition) is 2. The molecule has 27 heavy (non-hydrogen) atoms. The van der Waals surface area contributed by atoms with Crippen molar-refractivity contribution in [3.05, 3.63) is 53.1 Å². The van der Waals surface area contributed by atoms with Gasteiger partial charge in [0.25, 0.3) is 0 Å². The van der Waals surface area contributed by atoms with Gasteiger partial charge in [-0.3, -0.25) is 4.79 Å². The molecule has 0 aliphatic carbocycles. The molecule has 0 saturated heterocycles. The fourth-order valence-electron chi connectivity index (χ4n) is 2.96. The van der Waals surface area contributed by atoms with Gasteiger partial charge in [0, 0.05) is 17.9 Å². The molecule has 8 heteroatoms. The topological polar surface area (TPSA) is 80.0 Å². The molecule has 0 bridgehead atoms. The first-order valence-corrected chi connectivity index (χ1v) is 8.75. The zero-order valence-corrected chi connectivity index (χ0v) is 18.0. The molecule has 144 valence electrons. The predicted molar refractivity (Wildman–Crippen MR) is 121 cm³/mol. The van der Waals surface area contributed by atoms with Gasteiger partial charge in [-0.1, -0.05) is 29.8 Å². The molecule has 1 aliphatic rings. The van der Waals surface area contributed by atoms with Crippen LogP contribution in [-0.2, 0) is 11.2 Å². The van der Waals surface area contributed by atoms with Gasteiger partial charge in [0.05, 0.1) is 12.1 Å². The van der Waals surface area contributed by atoms with E-state index in [0.29, 0.717) is 23.0 Å². The number of aryl methyl sites for hydroxylation is 1. The Bertz CT molecular complexity index is 844. The molecule has 1 heterocycles. The summed E-state index contributed by atoms with van der Waals surface area (Å²) in [6.07, 6.45) is 1.94. The number of fused-ring (bicyclic) bond motifs is 1. The van der Waals surface area contributed by atoms with Gasteiger partial charge in [0.1, 0.15) is 12.3 Å². The largest absolute Gasteiger partial charge is 0.495 e. The first-order valence-electron chi connectivity index (χ1n) is 8.37. The van der Waals surface area contributed by atoms with E-state index in [1.165, 1.54) is 5.56 Å². The van der Waals surface area contributed by atoms with Crippen molar-refractivity contribution >= 4 is 58.8 Å². The molecule has 0 radical (unpaired) electrons. The van der Waals surface area contributed by atoms with Crippen LogP contribution < -0.4 is 20.7 Å². The Morgan fingerprint density at radius 1 is 1.33 bits per heavy atom. The second-order valence-electron chi connectivity index (χ2n) is 5.95. The molecule has 3 rings (SSSR count). The van der Waals surface area contributed by atoms with Crippen molar-refractivity contribution in [2.75, 3.05) is 30.4 Å². The van der Waals surface area contributed by atoms with Crippen molar-refractivity contribution in [1.29, 1.82) is 0 Å². The summed E-state index contributed by atoms with van der Waals surface area (Å²) >= 11 is 6.08. The summed E-state index contributed by atoms with van der Waals surface area (Å²) in [5, 5.41) is 3.39. The van der Waals surface area contributed by atoms with Crippen LogP contribution in [-0.4, -0.2) is 32.1 Å². The summed E-state index contributed by atoms with van der Waals surface area (Å²) < 4.78 is 5.11. The van der Waals surface area contributed by atoms with Gasteiger partial charge in [-0.05, 0) is 42.7 Å². The maximum atomic E-state index is 12.6. The lowest BCUT2D eigenvalue weighted by molar-refractivity contribution is -0.117. The first kappa shape index (κ1) is 21.3. The van der Waals surface area contributed by atoms with Gasteiger partial charge in [-0.25, -0.2) is 4.99 Å². The Hall–Kier alpha value is -2.00. The van der Waals surface area contributed by atoms with Gasteiger partial charge in [0.15, 0.2) is 5.96 Å². The smallest absolute Gasteiger partial charge is 0.248 e. The lowest BCUT2D eigenvalue weighted by atomic mass is 10.0. The summed E-state index contributed by atoms with van der Waals surface area (Å²) in [5.41, 5.74) is 8.72. The molecular weight excluding hydrogens is 479 g/mol. The van der Waals surface area contributed by atoms with Crippen molar-refractivity contribution in [2.45, 2.75) is 12.8 Å². The third kappa shape index (κ3) is 5.26. The van der Waals surface area contributed by atoms with Crippen molar-refractivity contribution < 1.29 is 9.53 Å². The SMILES string of the molecule is COc1ccc(NC(N)=NCC(=O)N2CCCc3ccccc32)cc1Cl.I. The highest BCUT2D eigenvalue weighted by atomic mass is 127. The number of hydrogen-bond acceptors (Lipinski definition) is 3. The molecule has 3 N–H and O–H groups in total. The predicted octanol–water partition coefficient (Wildman–Crippen LogP) is 3.67. The van der Waals surface area contributed by atoms with E-state index in [0.717, 1.165) is 18.5 Å². The maximum Gasteiger partial charge on any atom is 0.248 e. The number of methoxy groups -OCH3 is 1. The molecule has 0 spiro atoms. The van der Waals surface area contributed by atoms with Crippen molar-refractivity contribution in [3.8, 4) is 5.75 Å². The molecular formula is C19H22ClIN4O2. The number of benzene rings is 2. The van der Waals surface area contributed by atoms with Crippen LogP contribution in [0.1, 0.15) is 12.0 Å². The Morgan fingerprint density at radius 3 is 2.85 bits per heavy atom. The maximum absolute atomic E-state index is 12.6. The molecule has 2 aromatic rings. The zero-order valence-electron chi connectivity index (χ0n) is 14.9. The molecule has 0 atom stereocenters. The second-order valence-corrected chi connectivity index (χ2v) is 6.36. The number of halogens is 2. The van der Waals surface area contributed by atoms with Crippen molar-refractivity contribution in [1.82, 2.24) is 0 Å². The van der Waals surface area contributed by atoms with Crippen molar-refractivity contribution in [3.63, 3.8) is 0 Å². The highest BCUT2D eigenvalue weighted by Crippen LogP contribution is 2.28. The number of anilines is 2. The molecule has 0 aromatic heterocycles. The van der Waals surface area contributed by atoms with E-state index < -0.39 is 0 Å². The minimum Gasteiger partial charge on any atom is -0.495 e. The highest BCUT2D eigenvalue weighted by molar-refractivity contribution is 14.0. The Labute approximate surface area is 180 Å². The normalized spacial score (nSPS) is 13.4. The number of nitrogens with zero attached hydrogens (tertiary/aromatic N) is 2. The van der Waals surface area contributed by atoms with E-state index in [4.69, 9.17) is 22.1 Å². The molecule has 6 nitrogen and oxygen atoms in total. The molecule has 0 unspecified atom stereocenters. The minimum atomic E-state index is -0.0744. The average Bonchev–Trinajstić information content (AvgIpc) is 2.66. The van der Waals surface area contributed by atoms with Crippen LogP contribution in [0.5, 0.6) is 5.75 Å².